The highest BCUT2D eigenvalue weighted by Gasteiger charge is 2.19. The molecule has 88 valence electrons. The van der Waals surface area contributed by atoms with E-state index >= 15 is 0 Å². The van der Waals surface area contributed by atoms with E-state index in [0.717, 1.165) is 38.4 Å². The van der Waals surface area contributed by atoms with Crippen molar-refractivity contribution in [2.75, 3.05) is 25.5 Å². The van der Waals surface area contributed by atoms with Crippen LogP contribution in [0.2, 0.25) is 0 Å². The first-order chi connectivity index (χ1) is 7.24. The minimum absolute atomic E-state index is 0.192. The smallest absolute Gasteiger partial charge is 0.235 e. The molecule has 1 fully saturated rings. The molecule has 4 nitrogen and oxygen atoms in total. The van der Waals surface area contributed by atoms with Gasteiger partial charge in [-0.3, -0.25) is 4.79 Å². The van der Waals surface area contributed by atoms with Crippen LogP contribution in [0, 0.1) is 0 Å². The Kier molecular flexibility index (Phi) is 6.05. The number of carbonyl (C=O) groups is 1. The number of hydrogen-bond acceptors (Lipinski definition) is 4. The molecule has 1 heterocycles. The molecule has 0 aromatic rings. The van der Waals surface area contributed by atoms with E-state index in [2.05, 4.69) is 5.32 Å². The molecule has 0 aliphatic carbocycles. The Bertz CT molecular complexity index is 196. The molecule has 0 aromatic heterocycles. The zero-order valence-electron chi connectivity index (χ0n) is 9.20. The maximum absolute atomic E-state index is 11.1. The van der Waals surface area contributed by atoms with Gasteiger partial charge < -0.3 is 15.8 Å². The zero-order valence-corrected chi connectivity index (χ0v) is 10.0. The van der Waals surface area contributed by atoms with Gasteiger partial charge in [-0.1, -0.05) is 6.92 Å². The molecule has 1 unspecified atom stereocenters. The van der Waals surface area contributed by atoms with Crippen molar-refractivity contribution in [3.63, 3.8) is 0 Å². The second-order valence-corrected chi connectivity index (χ2v) is 4.99. The molecular weight excluding hydrogens is 212 g/mol. The zero-order chi connectivity index (χ0) is 11.1. The van der Waals surface area contributed by atoms with Crippen molar-refractivity contribution in [3.8, 4) is 0 Å². The third kappa shape index (κ3) is 4.86. The number of thioether (sulfide) groups is 1. The predicted molar refractivity (Wildman–Crippen MR) is 63.0 cm³/mol. The van der Waals surface area contributed by atoms with Crippen molar-refractivity contribution in [3.05, 3.63) is 0 Å². The average Bonchev–Trinajstić information content (AvgIpc) is 2.25. The van der Waals surface area contributed by atoms with Crippen LogP contribution in [0.15, 0.2) is 0 Å². The number of nitrogens with one attached hydrogen (secondary N) is 1. The van der Waals surface area contributed by atoms with Gasteiger partial charge >= 0.3 is 0 Å². The van der Waals surface area contributed by atoms with Gasteiger partial charge in [-0.05, 0) is 19.4 Å². The minimum atomic E-state index is -0.253. The summed E-state index contributed by atoms with van der Waals surface area (Å²) in [5.74, 6) is 0.518. The van der Waals surface area contributed by atoms with Crippen molar-refractivity contribution < 1.29 is 9.53 Å². The third-order valence-corrected chi connectivity index (χ3v) is 3.93. The molecule has 0 aromatic carbocycles. The predicted octanol–water partition coefficient (Wildman–Crippen LogP) is 0.362. The van der Waals surface area contributed by atoms with E-state index in [-0.39, 0.29) is 11.9 Å². The molecule has 5 heteroatoms. The largest absolute Gasteiger partial charge is 0.381 e. The van der Waals surface area contributed by atoms with E-state index < -0.39 is 0 Å². The fraction of sp³-hybridized carbons (Fsp3) is 0.900. The lowest BCUT2D eigenvalue weighted by molar-refractivity contribution is -0.119. The van der Waals surface area contributed by atoms with Gasteiger partial charge in [0.1, 0.15) is 0 Å². The molecule has 0 bridgehead atoms. The Morgan fingerprint density at radius 3 is 2.80 bits per heavy atom. The summed E-state index contributed by atoms with van der Waals surface area (Å²) in [6, 6.07) is -0.192. The molecule has 1 aliphatic heterocycles. The Labute approximate surface area is 95.3 Å². The van der Waals surface area contributed by atoms with Crippen LogP contribution in [0.3, 0.4) is 0 Å². The standard InChI is InChI=1S/C10H20N2O2S/c1-2-12-9(10(11)13)7-15-8-3-5-14-6-4-8/h8-9,12H,2-7H2,1H3,(H2,11,13). The second-order valence-electron chi connectivity index (χ2n) is 3.66. The summed E-state index contributed by atoms with van der Waals surface area (Å²) in [5.41, 5.74) is 5.30. The molecule has 0 spiro atoms. The van der Waals surface area contributed by atoms with E-state index in [0.29, 0.717) is 5.25 Å². The molecule has 15 heavy (non-hydrogen) atoms. The fourth-order valence-corrected chi connectivity index (χ4v) is 2.84. The van der Waals surface area contributed by atoms with Gasteiger partial charge in [-0.25, -0.2) is 0 Å². The van der Waals surface area contributed by atoms with Crippen molar-refractivity contribution >= 4 is 17.7 Å². The Balaban J connectivity index is 2.22. The highest BCUT2D eigenvalue weighted by atomic mass is 32.2. The number of rotatable bonds is 6. The Morgan fingerprint density at radius 1 is 1.60 bits per heavy atom. The number of ether oxygens (including phenoxy) is 1. The summed E-state index contributed by atoms with van der Waals surface area (Å²) in [4.78, 5) is 11.1. The summed E-state index contributed by atoms with van der Waals surface area (Å²) < 4.78 is 5.28. The van der Waals surface area contributed by atoms with E-state index in [1.54, 1.807) is 0 Å². The Morgan fingerprint density at radius 2 is 2.27 bits per heavy atom. The van der Waals surface area contributed by atoms with Gasteiger partial charge in [-0.15, -0.1) is 0 Å². The van der Waals surface area contributed by atoms with Crippen LogP contribution in [-0.4, -0.2) is 42.7 Å². The normalized spacial score (nSPS) is 20.1. The molecule has 1 aliphatic rings. The fourth-order valence-electron chi connectivity index (χ4n) is 1.56. The minimum Gasteiger partial charge on any atom is -0.381 e. The van der Waals surface area contributed by atoms with Crippen LogP contribution in [-0.2, 0) is 9.53 Å². The van der Waals surface area contributed by atoms with E-state index in [1.165, 1.54) is 0 Å². The lowest BCUT2D eigenvalue weighted by atomic mass is 10.2. The van der Waals surface area contributed by atoms with E-state index in [4.69, 9.17) is 10.5 Å². The second kappa shape index (κ2) is 7.09. The SMILES string of the molecule is CCNC(CSC1CCOCC1)C(N)=O. The summed E-state index contributed by atoms with van der Waals surface area (Å²) in [7, 11) is 0. The number of primary amides is 1. The van der Waals surface area contributed by atoms with Crippen molar-refractivity contribution in [1.82, 2.24) is 5.32 Å². The molecular formula is C10H20N2O2S. The summed E-state index contributed by atoms with van der Waals surface area (Å²) in [6.07, 6.45) is 2.17. The quantitative estimate of drug-likeness (QED) is 0.694. The molecule has 1 atom stereocenters. The number of nitrogens with two attached hydrogens (primary N) is 1. The Hall–Kier alpha value is -0.260. The molecule has 3 N–H and O–H groups in total. The van der Waals surface area contributed by atoms with Gasteiger partial charge in [0, 0.05) is 24.2 Å². The van der Waals surface area contributed by atoms with Gasteiger partial charge in [0.15, 0.2) is 0 Å². The van der Waals surface area contributed by atoms with Crippen LogP contribution in [0.25, 0.3) is 0 Å². The lowest BCUT2D eigenvalue weighted by Crippen LogP contribution is -2.43. The van der Waals surface area contributed by atoms with Crippen molar-refractivity contribution in [2.45, 2.75) is 31.1 Å². The van der Waals surface area contributed by atoms with Gasteiger partial charge in [-0.2, -0.15) is 11.8 Å². The molecule has 1 amide bonds. The third-order valence-electron chi connectivity index (χ3n) is 2.46. The first-order valence-corrected chi connectivity index (χ1v) is 6.51. The lowest BCUT2D eigenvalue weighted by Gasteiger charge is -2.23. The maximum atomic E-state index is 11.1. The van der Waals surface area contributed by atoms with Crippen LogP contribution < -0.4 is 11.1 Å². The monoisotopic (exact) mass is 232 g/mol. The first kappa shape index (κ1) is 12.8. The molecule has 1 saturated heterocycles. The maximum Gasteiger partial charge on any atom is 0.235 e. The van der Waals surface area contributed by atoms with Crippen LogP contribution in [0.1, 0.15) is 19.8 Å². The van der Waals surface area contributed by atoms with E-state index in [9.17, 15) is 4.79 Å². The van der Waals surface area contributed by atoms with Gasteiger partial charge in [0.2, 0.25) is 5.91 Å². The summed E-state index contributed by atoms with van der Waals surface area (Å²) >= 11 is 1.83. The average molecular weight is 232 g/mol. The highest BCUT2D eigenvalue weighted by molar-refractivity contribution is 7.99. The van der Waals surface area contributed by atoms with Gasteiger partial charge in [0.25, 0.3) is 0 Å². The van der Waals surface area contributed by atoms with Crippen molar-refractivity contribution in [1.29, 1.82) is 0 Å². The summed E-state index contributed by atoms with van der Waals surface area (Å²) in [6.45, 7) is 4.46. The first-order valence-electron chi connectivity index (χ1n) is 5.46. The van der Waals surface area contributed by atoms with Gasteiger partial charge in [0.05, 0.1) is 6.04 Å². The van der Waals surface area contributed by atoms with E-state index in [1.807, 2.05) is 18.7 Å². The van der Waals surface area contributed by atoms with Crippen LogP contribution in [0.5, 0.6) is 0 Å². The summed E-state index contributed by atoms with van der Waals surface area (Å²) in [5, 5.41) is 3.72. The highest BCUT2D eigenvalue weighted by Crippen LogP contribution is 2.22. The number of likely N-dealkylation sites (N-methyl/N-ethyl adjacent to an activating group) is 1. The molecule has 0 radical (unpaired) electrons. The van der Waals surface area contributed by atoms with Crippen LogP contribution >= 0.6 is 11.8 Å². The number of amides is 1. The number of carbonyl (C=O) groups excluding carboxylic acids is 1. The molecule has 1 rings (SSSR count). The number of hydrogen-bond donors (Lipinski definition) is 2. The van der Waals surface area contributed by atoms with Crippen molar-refractivity contribution in [2.24, 2.45) is 5.73 Å². The molecule has 0 saturated carbocycles. The topological polar surface area (TPSA) is 64.3 Å². The van der Waals surface area contributed by atoms with Crippen LogP contribution in [0.4, 0.5) is 0 Å².